The Morgan fingerprint density at radius 3 is 2.75 bits per heavy atom. The molecule has 7 nitrogen and oxygen atoms in total. The monoisotopic (exact) mass is 360 g/mol. The molecule has 0 aromatic heterocycles. The number of benzene rings is 1. The van der Waals surface area contributed by atoms with Gasteiger partial charge in [-0.25, -0.2) is 17.5 Å². The number of nitrogens with one attached hydrogen (secondary N) is 1. The summed E-state index contributed by atoms with van der Waals surface area (Å²) >= 11 is 0. The highest BCUT2D eigenvalue weighted by Gasteiger charge is 2.37. The number of rotatable bonds is 4. The lowest BCUT2D eigenvalue weighted by Crippen LogP contribution is -2.56. The fourth-order valence-electron chi connectivity index (χ4n) is 2.51. The molecule has 1 aromatic carbocycles. The van der Waals surface area contributed by atoms with Crippen LogP contribution in [0.1, 0.15) is 18.9 Å². The van der Waals surface area contributed by atoms with Gasteiger partial charge in [-0.15, -0.1) is 0 Å². The van der Waals surface area contributed by atoms with E-state index in [9.17, 15) is 27.8 Å². The summed E-state index contributed by atoms with van der Waals surface area (Å²) in [5.74, 6) is -1.05. The normalized spacial score (nSPS) is 24.9. The van der Waals surface area contributed by atoms with Crippen LogP contribution in [0.15, 0.2) is 23.1 Å². The standard InChI is InChI=1S/C15H21FN2O5S/c1-10-7-11(16)3-4-12(10)24(22,23)17-8-14(20)18-6-5-15(2,21)13(19)9-18/h3-4,7,13,17,19,21H,5-6,8-9H2,1-2H3/t13-,15+/m1/s1. The number of amides is 1. The van der Waals surface area contributed by atoms with Crippen molar-refractivity contribution in [1.82, 2.24) is 9.62 Å². The summed E-state index contributed by atoms with van der Waals surface area (Å²) in [5, 5.41) is 19.7. The van der Waals surface area contributed by atoms with Crippen molar-refractivity contribution >= 4 is 15.9 Å². The van der Waals surface area contributed by atoms with Crippen molar-refractivity contribution in [3.8, 4) is 0 Å². The molecule has 1 aromatic rings. The van der Waals surface area contributed by atoms with Crippen molar-refractivity contribution in [2.75, 3.05) is 19.6 Å². The van der Waals surface area contributed by atoms with Gasteiger partial charge in [0.15, 0.2) is 0 Å². The predicted octanol–water partition coefficient (Wildman–Crippen LogP) is -0.243. The molecule has 1 fully saturated rings. The summed E-state index contributed by atoms with van der Waals surface area (Å²) in [7, 11) is -3.95. The summed E-state index contributed by atoms with van der Waals surface area (Å²) in [6, 6.07) is 3.27. The molecule has 0 aliphatic carbocycles. The maximum Gasteiger partial charge on any atom is 0.241 e. The minimum Gasteiger partial charge on any atom is -0.388 e. The van der Waals surface area contributed by atoms with Crippen LogP contribution in [-0.4, -0.2) is 60.8 Å². The van der Waals surface area contributed by atoms with Crippen LogP contribution in [0.3, 0.4) is 0 Å². The van der Waals surface area contributed by atoms with Gasteiger partial charge in [0.1, 0.15) is 5.82 Å². The Labute approximate surface area is 140 Å². The molecule has 0 bridgehead atoms. The molecule has 0 unspecified atom stereocenters. The van der Waals surface area contributed by atoms with Gasteiger partial charge in [-0.2, -0.15) is 0 Å². The molecule has 0 radical (unpaired) electrons. The Bertz CT molecular complexity index is 735. The zero-order valence-electron chi connectivity index (χ0n) is 13.5. The number of aryl methyl sites for hydroxylation is 1. The average Bonchev–Trinajstić information content (AvgIpc) is 2.47. The number of hydrogen-bond acceptors (Lipinski definition) is 5. The third kappa shape index (κ3) is 4.10. The second-order valence-corrected chi connectivity index (χ2v) is 7.93. The molecule has 1 heterocycles. The second kappa shape index (κ2) is 6.75. The third-order valence-electron chi connectivity index (χ3n) is 4.19. The maximum atomic E-state index is 13.1. The minimum absolute atomic E-state index is 0.0663. The fraction of sp³-hybridized carbons (Fsp3) is 0.533. The van der Waals surface area contributed by atoms with Crippen LogP contribution >= 0.6 is 0 Å². The first-order valence-corrected chi connectivity index (χ1v) is 8.95. The molecule has 0 saturated carbocycles. The van der Waals surface area contributed by atoms with Crippen molar-refractivity contribution < 1.29 is 27.8 Å². The highest BCUT2D eigenvalue weighted by Crippen LogP contribution is 2.22. The van der Waals surface area contributed by atoms with Crippen LogP contribution < -0.4 is 4.72 Å². The largest absolute Gasteiger partial charge is 0.388 e. The molecule has 1 saturated heterocycles. The van der Waals surface area contributed by atoms with Crippen LogP contribution in [0.5, 0.6) is 0 Å². The van der Waals surface area contributed by atoms with Crippen LogP contribution in [0.4, 0.5) is 4.39 Å². The summed E-state index contributed by atoms with van der Waals surface area (Å²) < 4.78 is 39.7. The number of aliphatic hydroxyl groups is 2. The maximum absolute atomic E-state index is 13.1. The average molecular weight is 360 g/mol. The van der Waals surface area contributed by atoms with Gasteiger partial charge in [-0.1, -0.05) is 0 Å². The molecular formula is C15H21FN2O5S. The van der Waals surface area contributed by atoms with Gasteiger partial charge >= 0.3 is 0 Å². The Kier molecular flexibility index (Phi) is 5.28. The molecule has 0 spiro atoms. The van der Waals surface area contributed by atoms with Gasteiger partial charge in [0, 0.05) is 13.1 Å². The zero-order valence-corrected chi connectivity index (χ0v) is 14.3. The van der Waals surface area contributed by atoms with Gasteiger partial charge in [0.05, 0.1) is 23.1 Å². The van der Waals surface area contributed by atoms with Crippen molar-refractivity contribution in [3.63, 3.8) is 0 Å². The Morgan fingerprint density at radius 1 is 1.50 bits per heavy atom. The highest BCUT2D eigenvalue weighted by molar-refractivity contribution is 7.89. The lowest BCUT2D eigenvalue weighted by Gasteiger charge is -2.39. The number of aliphatic hydroxyl groups excluding tert-OH is 1. The molecule has 1 aliphatic rings. The van der Waals surface area contributed by atoms with E-state index in [4.69, 9.17) is 0 Å². The van der Waals surface area contributed by atoms with E-state index in [0.717, 1.165) is 18.2 Å². The smallest absolute Gasteiger partial charge is 0.241 e. The molecule has 1 aliphatic heterocycles. The number of piperidine rings is 1. The molecule has 9 heteroatoms. The van der Waals surface area contributed by atoms with Crippen LogP contribution in [0.25, 0.3) is 0 Å². The van der Waals surface area contributed by atoms with Crippen LogP contribution in [0.2, 0.25) is 0 Å². The Morgan fingerprint density at radius 2 is 2.17 bits per heavy atom. The topological polar surface area (TPSA) is 107 Å². The van der Waals surface area contributed by atoms with E-state index in [0.29, 0.717) is 0 Å². The van der Waals surface area contributed by atoms with Gasteiger partial charge in [-0.05, 0) is 44.0 Å². The minimum atomic E-state index is -3.95. The van der Waals surface area contributed by atoms with Crippen molar-refractivity contribution in [3.05, 3.63) is 29.6 Å². The molecule has 2 atom stereocenters. The van der Waals surface area contributed by atoms with E-state index in [2.05, 4.69) is 4.72 Å². The molecule has 3 N–H and O–H groups in total. The van der Waals surface area contributed by atoms with E-state index in [-0.39, 0.29) is 30.0 Å². The van der Waals surface area contributed by atoms with E-state index in [1.54, 1.807) is 0 Å². The lowest BCUT2D eigenvalue weighted by molar-refractivity contribution is -0.145. The summed E-state index contributed by atoms with van der Waals surface area (Å²) in [6.07, 6.45) is -0.893. The number of sulfonamides is 1. The third-order valence-corrected chi connectivity index (χ3v) is 5.75. The number of likely N-dealkylation sites (tertiary alicyclic amines) is 1. The number of carbonyl (C=O) groups excluding carboxylic acids is 1. The van der Waals surface area contributed by atoms with Crippen LogP contribution in [-0.2, 0) is 14.8 Å². The first kappa shape index (κ1) is 18.8. The predicted molar refractivity (Wildman–Crippen MR) is 84.2 cm³/mol. The van der Waals surface area contributed by atoms with Crippen LogP contribution in [0, 0.1) is 12.7 Å². The van der Waals surface area contributed by atoms with E-state index in [1.165, 1.54) is 18.7 Å². The molecular weight excluding hydrogens is 339 g/mol. The van der Waals surface area contributed by atoms with Crippen molar-refractivity contribution in [2.24, 2.45) is 0 Å². The molecule has 134 valence electrons. The SMILES string of the molecule is Cc1cc(F)ccc1S(=O)(=O)NCC(=O)N1CC[C@](C)(O)[C@H](O)C1. The van der Waals surface area contributed by atoms with E-state index < -0.39 is 40.0 Å². The first-order valence-electron chi connectivity index (χ1n) is 7.47. The van der Waals surface area contributed by atoms with E-state index in [1.807, 2.05) is 0 Å². The quantitative estimate of drug-likeness (QED) is 0.687. The van der Waals surface area contributed by atoms with Gasteiger partial charge < -0.3 is 15.1 Å². The van der Waals surface area contributed by atoms with Crippen molar-refractivity contribution in [2.45, 2.75) is 36.9 Å². The fourth-order valence-corrected chi connectivity index (χ4v) is 3.71. The summed E-state index contributed by atoms with van der Waals surface area (Å²) in [4.78, 5) is 13.3. The molecule has 1 amide bonds. The number of nitrogens with zero attached hydrogens (tertiary/aromatic N) is 1. The first-order chi connectivity index (χ1) is 11.0. The summed E-state index contributed by atoms with van der Waals surface area (Å²) in [6.45, 7) is 2.62. The summed E-state index contributed by atoms with van der Waals surface area (Å²) in [5.41, 5.74) is -1.03. The number of carbonyl (C=O) groups is 1. The number of hydrogen-bond donors (Lipinski definition) is 3. The Hall–Kier alpha value is -1.55. The number of halogens is 1. The van der Waals surface area contributed by atoms with E-state index >= 15 is 0 Å². The Balaban J connectivity index is 2.01. The lowest BCUT2D eigenvalue weighted by atomic mass is 9.91. The zero-order chi connectivity index (χ0) is 18.1. The van der Waals surface area contributed by atoms with Gasteiger partial charge in [0.25, 0.3) is 0 Å². The van der Waals surface area contributed by atoms with Gasteiger partial charge in [-0.3, -0.25) is 4.79 Å². The molecule has 24 heavy (non-hydrogen) atoms. The molecule has 2 rings (SSSR count). The van der Waals surface area contributed by atoms with Gasteiger partial charge in [0.2, 0.25) is 15.9 Å². The van der Waals surface area contributed by atoms with Crippen molar-refractivity contribution in [1.29, 1.82) is 0 Å². The second-order valence-electron chi connectivity index (χ2n) is 6.20. The highest BCUT2D eigenvalue weighted by atomic mass is 32.2. The number of β-amino-alcohol motifs (C(OH)–C–C–N with tert-alkyl or cyclic N) is 1.